The molecule has 0 saturated heterocycles. The van der Waals surface area contributed by atoms with Gasteiger partial charge in [-0.25, -0.2) is 8.42 Å². The van der Waals surface area contributed by atoms with E-state index in [2.05, 4.69) is 9.82 Å². The molecule has 0 aliphatic carbocycles. The van der Waals surface area contributed by atoms with Crippen LogP contribution in [0.4, 0.5) is 5.82 Å². The van der Waals surface area contributed by atoms with Gasteiger partial charge in [-0.15, -0.1) is 11.6 Å². The number of hydrogen-bond donors (Lipinski definition) is 1. The molecule has 0 aliphatic rings. The van der Waals surface area contributed by atoms with Gasteiger partial charge >= 0.3 is 0 Å². The third kappa shape index (κ3) is 3.32. The lowest BCUT2D eigenvalue weighted by Crippen LogP contribution is -2.15. The van der Waals surface area contributed by atoms with Crippen LogP contribution in [0.3, 0.4) is 0 Å². The van der Waals surface area contributed by atoms with Crippen molar-refractivity contribution < 1.29 is 8.42 Å². The number of nitrogens with one attached hydrogen (secondary N) is 1. The van der Waals surface area contributed by atoms with Crippen LogP contribution in [-0.4, -0.2) is 24.1 Å². The highest BCUT2D eigenvalue weighted by atomic mass is 35.5. The molecule has 0 unspecified atom stereocenters. The van der Waals surface area contributed by atoms with E-state index in [1.807, 2.05) is 0 Å². The molecule has 0 saturated carbocycles. The fraction of sp³-hybridized carbons (Fsp3) is 0.308. The summed E-state index contributed by atoms with van der Waals surface area (Å²) in [6, 6.07) is 8.37. The molecule has 1 N–H and O–H groups in total. The Morgan fingerprint density at radius 2 is 1.95 bits per heavy atom. The Morgan fingerprint density at radius 1 is 1.30 bits per heavy atom. The summed E-state index contributed by atoms with van der Waals surface area (Å²) in [5.41, 5.74) is 1.76. The van der Waals surface area contributed by atoms with Crippen molar-refractivity contribution in [2.75, 3.05) is 10.6 Å². The van der Waals surface area contributed by atoms with Crippen molar-refractivity contribution in [1.82, 2.24) is 9.78 Å². The number of aryl methyl sites for hydroxylation is 3. The molecule has 0 atom stereocenters. The van der Waals surface area contributed by atoms with E-state index in [1.165, 1.54) is 4.68 Å². The van der Waals surface area contributed by atoms with Gasteiger partial charge in [-0.3, -0.25) is 9.40 Å². The summed E-state index contributed by atoms with van der Waals surface area (Å²) in [6.07, 6.45) is 0.718. The van der Waals surface area contributed by atoms with Crippen molar-refractivity contribution in [3.63, 3.8) is 0 Å². The van der Waals surface area contributed by atoms with Crippen LogP contribution in [0.5, 0.6) is 0 Å². The van der Waals surface area contributed by atoms with Crippen molar-refractivity contribution in [3.05, 3.63) is 41.6 Å². The molecule has 0 spiro atoms. The molecule has 20 heavy (non-hydrogen) atoms. The Bertz CT molecular complexity index is 693. The standard InChI is InChI=1S/C13H16ClN3O2S/c1-10-9-13(17(2)15-10)16-20(18,19)12-5-3-11(4-6-12)7-8-14/h3-6,9,16H,7-8H2,1-2H3. The van der Waals surface area contributed by atoms with Crippen LogP contribution < -0.4 is 4.72 Å². The number of anilines is 1. The second-order valence-electron chi connectivity index (χ2n) is 4.48. The molecular weight excluding hydrogens is 298 g/mol. The fourth-order valence-corrected chi connectivity index (χ4v) is 3.14. The van der Waals surface area contributed by atoms with E-state index < -0.39 is 10.0 Å². The molecule has 1 aromatic heterocycles. The topological polar surface area (TPSA) is 64.0 Å². The predicted octanol–water partition coefficient (Wildman–Crippen LogP) is 2.31. The second kappa shape index (κ2) is 5.85. The molecule has 5 nitrogen and oxygen atoms in total. The minimum Gasteiger partial charge on any atom is -0.264 e. The molecule has 1 heterocycles. The molecule has 0 aliphatic heterocycles. The highest BCUT2D eigenvalue weighted by Crippen LogP contribution is 2.17. The number of hydrogen-bond acceptors (Lipinski definition) is 3. The molecule has 0 bridgehead atoms. The maximum Gasteiger partial charge on any atom is 0.263 e. The van der Waals surface area contributed by atoms with Gasteiger partial charge in [-0.2, -0.15) is 5.10 Å². The van der Waals surface area contributed by atoms with Crippen LogP contribution in [0.1, 0.15) is 11.3 Å². The van der Waals surface area contributed by atoms with Crippen LogP contribution in [0.2, 0.25) is 0 Å². The van der Waals surface area contributed by atoms with Crippen molar-refractivity contribution in [3.8, 4) is 0 Å². The van der Waals surface area contributed by atoms with Crippen molar-refractivity contribution in [1.29, 1.82) is 0 Å². The average molecular weight is 314 g/mol. The van der Waals surface area contributed by atoms with E-state index >= 15 is 0 Å². The van der Waals surface area contributed by atoms with Crippen LogP contribution in [0.15, 0.2) is 35.2 Å². The Kier molecular flexibility index (Phi) is 4.35. The highest BCUT2D eigenvalue weighted by Gasteiger charge is 2.16. The van der Waals surface area contributed by atoms with Crippen LogP contribution in [0.25, 0.3) is 0 Å². The lowest BCUT2D eigenvalue weighted by molar-refractivity contribution is 0.600. The number of aromatic nitrogens is 2. The average Bonchev–Trinajstić information content (AvgIpc) is 2.68. The first-order chi connectivity index (χ1) is 9.42. The number of nitrogens with zero attached hydrogens (tertiary/aromatic N) is 2. The third-order valence-electron chi connectivity index (χ3n) is 2.86. The third-order valence-corrected chi connectivity index (χ3v) is 4.42. The maximum absolute atomic E-state index is 12.3. The zero-order valence-electron chi connectivity index (χ0n) is 11.3. The van der Waals surface area contributed by atoms with Gasteiger partial charge in [0.2, 0.25) is 0 Å². The molecule has 0 amide bonds. The lowest BCUT2D eigenvalue weighted by atomic mass is 10.2. The summed E-state index contributed by atoms with van der Waals surface area (Å²) in [7, 11) is -1.91. The molecule has 2 aromatic rings. The Morgan fingerprint density at radius 3 is 2.45 bits per heavy atom. The minimum absolute atomic E-state index is 0.217. The summed E-state index contributed by atoms with van der Waals surface area (Å²) in [4.78, 5) is 0.217. The number of benzene rings is 1. The van der Waals surface area contributed by atoms with E-state index in [1.54, 1.807) is 44.3 Å². The smallest absolute Gasteiger partial charge is 0.263 e. The van der Waals surface area contributed by atoms with E-state index in [9.17, 15) is 8.42 Å². The maximum atomic E-state index is 12.3. The van der Waals surface area contributed by atoms with Gasteiger partial charge in [0.1, 0.15) is 5.82 Å². The molecular formula is C13H16ClN3O2S. The summed E-state index contributed by atoms with van der Waals surface area (Å²) in [5, 5.41) is 4.10. The van der Waals surface area contributed by atoms with Crippen LogP contribution in [-0.2, 0) is 23.5 Å². The normalized spacial score (nSPS) is 11.6. The molecule has 1 aromatic carbocycles. The van der Waals surface area contributed by atoms with E-state index in [-0.39, 0.29) is 4.90 Å². The van der Waals surface area contributed by atoms with E-state index in [0.717, 1.165) is 17.7 Å². The quantitative estimate of drug-likeness (QED) is 0.862. The van der Waals surface area contributed by atoms with Crippen molar-refractivity contribution >= 4 is 27.4 Å². The first-order valence-corrected chi connectivity index (χ1v) is 8.12. The zero-order valence-corrected chi connectivity index (χ0v) is 12.9. The fourth-order valence-electron chi connectivity index (χ4n) is 1.85. The van der Waals surface area contributed by atoms with Gasteiger partial charge in [-0.05, 0) is 31.0 Å². The van der Waals surface area contributed by atoms with E-state index in [4.69, 9.17) is 11.6 Å². The Hall–Kier alpha value is -1.53. The number of halogens is 1. The molecule has 0 radical (unpaired) electrons. The van der Waals surface area contributed by atoms with Crippen LogP contribution in [0, 0.1) is 6.92 Å². The number of alkyl halides is 1. The van der Waals surface area contributed by atoms with Gasteiger partial charge in [0, 0.05) is 19.0 Å². The molecule has 2 rings (SSSR count). The van der Waals surface area contributed by atoms with E-state index in [0.29, 0.717) is 11.7 Å². The zero-order chi connectivity index (χ0) is 14.8. The summed E-state index contributed by atoms with van der Waals surface area (Å²) < 4.78 is 28.5. The SMILES string of the molecule is Cc1cc(NS(=O)(=O)c2ccc(CCCl)cc2)n(C)n1. The van der Waals surface area contributed by atoms with Gasteiger partial charge in [-0.1, -0.05) is 12.1 Å². The summed E-state index contributed by atoms with van der Waals surface area (Å²) in [6.45, 7) is 1.80. The van der Waals surface area contributed by atoms with Crippen LogP contribution >= 0.6 is 11.6 Å². The first-order valence-electron chi connectivity index (χ1n) is 6.11. The molecule has 0 fully saturated rings. The highest BCUT2D eigenvalue weighted by molar-refractivity contribution is 7.92. The summed E-state index contributed by atoms with van der Waals surface area (Å²) >= 11 is 5.65. The van der Waals surface area contributed by atoms with Gasteiger partial charge in [0.05, 0.1) is 10.6 Å². The molecule has 7 heteroatoms. The predicted molar refractivity (Wildman–Crippen MR) is 79.6 cm³/mol. The van der Waals surface area contributed by atoms with Gasteiger partial charge in [0.25, 0.3) is 10.0 Å². The second-order valence-corrected chi connectivity index (χ2v) is 6.54. The summed E-state index contributed by atoms with van der Waals surface area (Å²) in [5.74, 6) is 0.950. The number of rotatable bonds is 5. The lowest BCUT2D eigenvalue weighted by Gasteiger charge is -2.08. The van der Waals surface area contributed by atoms with Crippen molar-refractivity contribution in [2.45, 2.75) is 18.2 Å². The van der Waals surface area contributed by atoms with Gasteiger partial charge in [0.15, 0.2) is 0 Å². The number of sulfonamides is 1. The first kappa shape index (κ1) is 14.9. The Balaban J connectivity index is 2.24. The van der Waals surface area contributed by atoms with Gasteiger partial charge < -0.3 is 0 Å². The monoisotopic (exact) mass is 313 g/mol. The molecule has 108 valence electrons. The minimum atomic E-state index is -3.60. The van der Waals surface area contributed by atoms with Crippen molar-refractivity contribution in [2.24, 2.45) is 7.05 Å². The Labute approximate surface area is 123 Å². The largest absolute Gasteiger partial charge is 0.264 e.